The zero-order valence-corrected chi connectivity index (χ0v) is 17.9. The zero-order chi connectivity index (χ0) is 21.0. The van der Waals surface area contributed by atoms with Crippen LogP contribution in [0.1, 0.15) is 50.4 Å². The number of pyridine rings is 1. The molecule has 1 unspecified atom stereocenters. The predicted molar refractivity (Wildman–Crippen MR) is 114 cm³/mol. The summed E-state index contributed by atoms with van der Waals surface area (Å²) in [6, 6.07) is 10.3. The Labute approximate surface area is 175 Å². The fraction of sp³-hybridized carbons (Fsp3) is 0.435. The topological polar surface area (TPSA) is 65.8 Å². The monoisotopic (exact) mass is 411 g/mol. The molecular formula is C23H26FN3OS. The van der Waals surface area contributed by atoms with Crippen LogP contribution in [0.3, 0.4) is 0 Å². The summed E-state index contributed by atoms with van der Waals surface area (Å²) in [6.07, 6.45) is 3.19. The van der Waals surface area contributed by atoms with Gasteiger partial charge in [-0.05, 0) is 54.4 Å². The predicted octanol–water partition coefficient (Wildman–Crippen LogP) is 5.36. The molecule has 0 saturated heterocycles. The first-order valence-corrected chi connectivity index (χ1v) is 10.9. The number of benzene rings is 1. The number of aryl methyl sites for hydroxylation is 1. The molecule has 6 heteroatoms. The molecule has 0 saturated carbocycles. The van der Waals surface area contributed by atoms with Gasteiger partial charge in [-0.3, -0.25) is 4.79 Å². The number of thioether (sulfide) groups is 1. The Hall–Kier alpha value is -2.39. The molecule has 0 radical (unpaired) electrons. The highest BCUT2D eigenvalue weighted by atomic mass is 32.2. The zero-order valence-electron chi connectivity index (χ0n) is 17.1. The summed E-state index contributed by atoms with van der Waals surface area (Å²) >= 11 is 1.41. The van der Waals surface area contributed by atoms with Crippen LogP contribution in [0.25, 0.3) is 0 Å². The highest BCUT2D eigenvalue weighted by Crippen LogP contribution is 2.38. The SMILES string of the molecule is CC(C)(C)C1CCc2nc(SCCC(=O)Nc3ccccc3F)c(C#N)cc2C1. The molecule has 1 aliphatic rings. The number of nitrogens with one attached hydrogen (secondary N) is 1. The first-order chi connectivity index (χ1) is 13.8. The summed E-state index contributed by atoms with van der Waals surface area (Å²) in [6.45, 7) is 6.79. The van der Waals surface area contributed by atoms with Gasteiger partial charge in [-0.25, -0.2) is 9.37 Å². The average molecular weight is 412 g/mol. The number of para-hydroxylation sites is 1. The van der Waals surface area contributed by atoms with Crippen molar-refractivity contribution in [2.45, 2.75) is 51.5 Å². The van der Waals surface area contributed by atoms with Crippen molar-refractivity contribution >= 4 is 23.4 Å². The number of carbonyl (C=O) groups excluding carboxylic acids is 1. The second-order valence-corrected chi connectivity index (χ2v) is 9.57. The third-order valence-corrected chi connectivity index (χ3v) is 6.41. The fourth-order valence-corrected chi connectivity index (χ4v) is 4.51. The number of hydrogen-bond donors (Lipinski definition) is 1. The van der Waals surface area contributed by atoms with Gasteiger partial charge in [0.2, 0.25) is 5.91 Å². The molecule has 0 bridgehead atoms. The number of nitriles is 1. The van der Waals surface area contributed by atoms with Crippen LogP contribution in [0.15, 0.2) is 35.4 Å². The number of anilines is 1. The van der Waals surface area contributed by atoms with Crippen molar-refractivity contribution in [2.75, 3.05) is 11.1 Å². The van der Waals surface area contributed by atoms with Gasteiger partial charge in [0.1, 0.15) is 16.9 Å². The highest BCUT2D eigenvalue weighted by Gasteiger charge is 2.30. The molecule has 1 aliphatic carbocycles. The van der Waals surface area contributed by atoms with E-state index >= 15 is 0 Å². The van der Waals surface area contributed by atoms with Crippen LogP contribution in [-0.2, 0) is 17.6 Å². The van der Waals surface area contributed by atoms with E-state index in [1.165, 1.54) is 29.5 Å². The minimum atomic E-state index is -0.454. The first kappa shape index (κ1) is 21.3. The lowest BCUT2D eigenvalue weighted by Crippen LogP contribution is -2.27. The van der Waals surface area contributed by atoms with Crippen molar-refractivity contribution in [3.63, 3.8) is 0 Å². The standard InChI is InChI=1S/C23H26FN3OS/c1-23(2,3)17-8-9-19-15(13-17)12-16(14-25)22(27-19)29-11-10-21(28)26-20-7-5-4-6-18(20)24/h4-7,12,17H,8-11,13H2,1-3H3,(H,26,28). The number of carbonyl (C=O) groups is 1. The molecule has 3 rings (SSSR count). The average Bonchev–Trinajstić information content (AvgIpc) is 2.68. The van der Waals surface area contributed by atoms with Gasteiger partial charge in [0.05, 0.1) is 11.3 Å². The van der Waals surface area contributed by atoms with Crippen LogP contribution in [0.2, 0.25) is 0 Å². The van der Waals surface area contributed by atoms with Gasteiger partial charge in [0.25, 0.3) is 0 Å². The molecule has 1 aromatic heterocycles. The number of rotatable bonds is 5. The van der Waals surface area contributed by atoms with E-state index in [1.807, 2.05) is 6.07 Å². The third kappa shape index (κ3) is 5.36. The van der Waals surface area contributed by atoms with Crippen molar-refractivity contribution in [3.8, 4) is 6.07 Å². The van der Waals surface area contributed by atoms with Gasteiger partial charge in [-0.2, -0.15) is 5.26 Å². The number of halogens is 1. The molecule has 0 fully saturated rings. The summed E-state index contributed by atoms with van der Waals surface area (Å²) in [4.78, 5) is 16.8. The number of hydrogen-bond acceptors (Lipinski definition) is 4. The van der Waals surface area contributed by atoms with E-state index in [0.717, 1.165) is 25.0 Å². The lowest BCUT2D eigenvalue weighted by atomic mass is 9.71. The van der Waals surface area contributed by atoms with Crippen molar-refractivity contribution in [1.82, 2.24) is 4.98 Å². The van der Waals surface area contributed by atoms with Crippen LogP contribution >= 0.6 is 11.8 Å². The van der Waals surface area contributed by atoms with E-state index in [2.05, 4.69) is 32.2 Å². The molecule has 29 heavy (non-hydrogen) atoms. The lowest BCUT2D eigenvalue weighted by molar-refractivity contribution is -0.115. The molecule has 1 amide bonds. The maximum atomic E-state index is 13.6. The first-order valence-electron chi connectivity index (χ1n) is 9.88. The Morgan fingerprint density at radius 3 is 2.83 bits per heavy atom. The molecule has 0 spiro atoms. The van der Waals surface area contributed by atoms with Gasteiger partial charge in [0.15, 0.2) is 0 Å². The fourth-order valence-electron chi connectivity index (χ4n) is 3.59. The third-order valence-electron chi connectivity index (χ3n) is 5.41. The minimum absolute atomic E-state index is 0.181. The number of fused-ring (bicyclic) bond motifs is 1. The van der Waals surface area contributed by atoms with Crippen molar-refractivity contribution < 1.29 is 9.18 Å². The lowest BCUT2D eigenvalue weighted by Gasteiger charge is -2.34. The van der Waals surface area contributed by atoms with E-state index in [9.17, 15) is 14.4 Å². The second kappa shape index (κ2) is 8.96. The Bertz CT molecular complexity index is 946. The molecule has 1 heterocycles. The summed E-state index contributed by atoms with van der Waals surface area (Å²) < 4.78 is 13.6. The molecule has 1 N–H and O–H groups in total. The van der Waals surface area contributed by atoms with Crippen molar-refractivity contribution in [1.29, 1.82) is 5.26 Å². The Morgan fingerprint density at radius 1 is 1.38 bits per heavy atom. The molecule has 1 aromatic carbocycles. The molecule has 0 aliphatic heterocycles. The maximum Gasteiger partial charge on any atom is 0.225 e. The largest absolute Gasteiger partial charge is 0.324 e. The quantitative estimate of drug-likeness (QED) is 0.672. The van der Waals surface area contributed by atoms with E-state index in [-0.39, 0.29) is 23.4 Å². The number of aromatic nitrogens is 1. The van der Waals surface area contributed by atoms with Gasteiger partial charge in [0, 0.05) is 17.9 Å². The van der Waals surface area contributed by atoms with E-state index in [0.29, 0.717) is 22.3 Å². The number of amides is 1. The second-order valence-electron chi connectivity index (χ2n) is 8.49. The number of nitrogens with zero attached hydrogens (tertiary/aromatic N) is 2. The van der Waals surface area contributed by atoms with Gasteiger partial charge < -0.3 is 5.32 Å². The molecule has 152 valence electrons. The van der Waals surface area contributed by atoms with E-state index in [4.69, 9.17) is 4.98 Å². The van der Waals surface area contributed by atoms with Crippen LogP contribution < -0.4 is 5.32 Å². The van der Waals surface area contributed by atoms with Crippen LogP contribution in [0, 0.1) is 28.5 Å². The Morgan fingerprint density at radius 2 is 2.14 bits per heavy atom. The summed E-state index contributed by atoms with van der Waals surface area (Å²) in [5.41, 5.74) is 3.24. The minimum Gasteiger partial charge on any atom is -0.324 e. The molecule has 1 atom stereocenters. The summed E-state index contributed by atoms with van der Waals surface area (Å²) in [5.74, 6) is 0.354. The normalized spacial score (nSPS) is 16.0. The summed E-state index contributed by atoms with van der Waals surface area (Å²) in [5, 5.41) is 12.8. The summed E-state index contributed by atoms with van der Waals surface area (Å²) in [7, 11) is 0. The van der Waals surface area contributed by atoms with Gasteiger partial charge >= 0.3 is 0 Å². The van der Waals surface area contributed by atoms with Crippen LogP contribution in [0.4, 0.5) is 10.1 Å². The van der Waals surface area contributed by atoms with Crippen LogP contribution in [-0.4, -0.2) is 16.6 Å². The van der Waals surface area contributed by atoms with E-state index in [1.54, 1.807) is 12.1 Å². The van der Waals surface area contributed by atoms with Crippen LogP contribution in [0.5, 0.6) is 0 Å². The molecular weight excluding hydrogens is 385 g/mol. The van der Waals surface area contributed by atoms with Gasteiger partial charge in [-0.1, -0.05) is 32.9 Å². The molecule has 2 aromatic rings. The Balaban J connectivity index is 1.62. The Kier molecular flexibility index (Phi) is 6.59. The smallest absolute Gasteiger partial charge is 0.225 e. The maximum absolute atomic E-state index is 13.6. The molecule has 4 nitrogen and oxygen atoms in total. The van der Waals surface area contributed by atoms with E-state index < -0.39 is 5.82 Å². The van der Waals surface area contributed by atoms with Gasteiger partial charge in [-0.15, -0.1) is 11.8 Å². The van der Waals surface area contributed by atoms with Crippen molar-refractivity contribution in [2.24, 2.45) is 11.3 Å². The highest BCUT2D eigenvalue weighted by molar-refractivity contribution is 7.99. The van der Waals surface area contributed by atoms with Crippen molar-refractivity contribution in [3.05, 3.63) is 53.0 Å².